The van der Waals surface area contributed by atoms with Crippen molar-refractivity contribution in [2.24, 2.45) is 0 Å². The van der Waals surface area contributed by atoms with Crippen molar-refractivity contribution < 1.29 is 27.4 Å². The lowest BCUT2D eigenvalue weighted by Crippen LogP contribution is -2.12. The van der Waals surface area contributed by atoms with Crippen molar-refractivity contribution in [1.29, 1.82) is 0 Å². The normalized spacial score (nSPS) is 14.5. The summed E-state index contributed by atoms with van der Waals surface area (Å²) in [7, 11) is 0. The molecule has 1 unspecified atom stereocenters. The van der Waals surface area contributed by atoms with Crippen LogP contribution in [0, 0.1) is 17.5 Å². The molecule has 0 radical (unpaired) electrons. The van der Waals surface area contributed by atoms with Gasteiger partial charge in [-0.2, -0.15) is 0 Å². The monoisotopic (exact) mass is 488 g/mol. The molecule has 6 heteroatoms. The Bertz CT molecular complexity index is 1410. The van der Waals surface area contributed by atoms with Crippen LogP contribution in [-0.2, 0) is 11.2 Å². The van der Waals surface area contributed by atoms with Gasteiger partial charge in [0.05, 0.1) is 12.2 Å². The minimum atomic E-state index is -1.27. The summed E-state index contributed by atoms with van der Waals surface area (Å²) in [5, 5.41) is 0. The number of hydrogen-bond donors (Lipinski definition) is 0. The first-order valence-electron chi connectivity index (χ1n) is 11.8. The van der Waals surface area contributed by atoms with E-state index in [0.29, 0.717) is 23.3 Å². The van der Waals surface area contributed by atoms with Gasteiger partial charge in [0.25, 0.3) is 0 Å². The second kappa shape index (κ2) is 9.99. The second-order valence-corrected chi connectivity index (χ2v) is 8.71. The fraction of sp³-hybridized carbons (Fsp3) is 0.167. The zero-order chi connectivity index (χ0) is 25.2. The van der Waals surface area contributed by atoms with Crippen molar-refractivity contribution in [3.63, 3.8) is 0 Å². The zero-order valence-corrected chi connectivity index (χ0v) is 19.6. The summed E-state index contributed by atoms with van der Waals surface area (Å²) in [6.07, 6.45) is 1.85. The van der Waals surface area contributed by atoms with E-state index >= 15 is 0 Å². The zero-order valence-electron chi connectivity index (χ0n) is 19.6. The molecule has 3 nitrogen and oxygen atoms in total. The number of epoxide rings is 1. The number of aryl methyl sites for hydroxylation is 1. The number of carbonyl (C=O) groups excluding carboxylic acids is 1. The molecule has 1 saturated heterocycles. The van der Waals surface area contributed by atoms with Crippen molar-refractivity contribution in [1.82, 2.24) is 0 Å². The number of ether oxygens (including phenoxy) is 2. The summed E-state index contributed by atoms with van der Waals surface area (Å²) in [4.78, 5) is 12.6. The van der Waals surface area contributed by atoms with Gasteiger partial charge in [-0.15, -0.1) is 0 Å². The molecule has 1 aliphatic heterocycles. The van der Waals surface area contributed by atoms with Crippen LogP contribution in [0.3, 0.4) is 0 Å². The first-order chi connectivity index (χ1) is 17.4. The average Bonchev–Trinajstić information content (AvgIpc) is 3.73. The van der Waals surface area contributed by atoms with E-state index in [1.165, 1.54) is 30.3 Å². The Hall–Kier alpha value is -3.90. The Labute approximate surface area is 207 Å². The molecule has 5 rings (SSSR count). The third kappa shape index (κ3) is 4.90. The largest absolute Gasteiger partial charge is 0.423 e. The molecule has 1 heterocycles. The molecule has 36 heavy (non-hydrogen) atoms. The molecule has 1 atom stereocenters. The lowest BCUT2D eigenvalue weighted by molar-refractivity contribution is 0.0728. The van der Waals surface area contributed by atoms with Gasteiger partial charge >= 0.3 is 5.97 Å². The summed E-state index contributed by atoms with van der Waals surface area (Å²) < 4.78 is 54.6. The standard InChI is InChI=1S/C30H23F3O3/c1-2-3-18-4-6-20(7-5-18)24-14-15-25(29(33)28(24)32)30(34)36-22-11-8-19(9-12-22)23-13-10-21(16-26(23)31)27-17-35-27/h4-16,27H,2-3,17H2,1H3. The van der Waals surface area contributed by atoms with E-state index < -0.39 is 23.2 Å². The van der Waals surface area contributed by atoms with E-state index in [0.717, 1.165) is 24.0 Å². The van der Waals surface area contributed by atoms with Gasteiger partial charge < -0.3 is 9.47 Å². The molecule has 0 amide bonds. The van der Waals surface area contributed by atoms with E-state index in [2.05, 4.69) is 6.92 Å². The number of hydrogen-bond acceptors (Lipinski definition) is 3. The van der Waals surface area contributed by atoms with Crippen LogP contribution >= 0.6 is 0 Å². The summed E-state index contributed by atoms with van der Waals surface area (Å²) in [6.45, 7) is 2.66. The summed E-state index contributed by atoms with van der Waals surface area (Å²) >= 11 is 0. The predicted octanol–water partition coefficient (Wildman–Crippen LogP) is 7.68. The quantitative estimate of drug-likeness (QED) is 0.152. The van der Waals surface area contributed by atoms with Crippen LogP contribution < -0.4 is 4.74 Å². The Balaban J connectivity index is 1.31. The molecule has 0 saturated carbocycles. The third-order valence-electron chi connectivity index (χ3n) is 6.18. The average molecular weight is 489 g/mol. The highest BCUT2D eigenvalue weighted by Crippen LogP contribution is 2.33. The minimum Gasteiger partial charge on any atom is -0.423 e. The van der Waals surface area contributed by atoms with Gasteiger partial charge in [-0.1, -0.05) is 67.9 Å². The third-order valence-corrected chi connectivity index (χ3v) is 6.18. The maximum atomic E-state index is 14.8. The molecule has 0 spiro atoms. The van der Waals surface area contributed by atoms with Gasteiger partial charge in [-0.05, 0) is 52.9 Å². The highest BCUT2D eigenvalue weighted by Gasteiger charge is 2.25. The Morgan fingerprint density at radius 3 is 2.14 bits per heavy atom. The minimum absolute atomic E-state index is 0.0408. The van der Waals surface area contributed by atoms with E-state index in [4.69, 9.17) is 9.47 Å². The molecule has 0 bridgehead atoms. The highest BCUT2D eigenvalue weighted by molar-refractivity contribution is 5.92. The Kier molecular flexibility index (Phi) is 6.61. The van der Waals surface area contributed by atoms with E-state index in [1.54, 1.807) is 30.3 Å². The van der Waals surface area contributed by atoms with Crippen molar-refractivity contribution in [2.75, 3.05) is 6.61 Å². The van der Waals surface area contributed by atoms with Gasteiger partial charge in [-0.25, -0.2) is 18.0 Å². The number of rotatable bonds is 7. The first kappa shape index (κ1) is 23.8. The molecule has 4 aromatic rings. The van der Waals surface area contributed by atoms with Crippen molar-refractivity contribution >= 4 is 5.97 Å². The highest BCUT2D eigenvalue weighted by atomic mass is 19.2. The van der Waals surface area contributed by atoms with Crippen LogP contribution in [0.2, 0.25) is 0 Å². The van der Waals surface area contributed by atoms with E-state index in [-0.39, 0.29) is 23.2 Å². The number of benzene rings is 4. The second-order valence-electron chi connectivity index (χ2n) is 8.71. The van der Waals surface area contributed by atoms with Crippen molar-refractivity contribution in [3.8, 4) is 28.0 Å². The van der Waals surface area contributed by atoms with Gasteiger partial charge in [0.1, 0.15) is 17.7 Å². The predicted molar refractivity (Wildman–Crippen MR) is 131 cm³/mol. The summed E-state index contributed by atoms with van der Waals surface area (Å²) in [6, 6.07) is 20.9. The fourth-order valence-electron chi connectivity index (χ4n) is 4.14. The molecule has 0 aromatic heterocycles. The van der Waals surface area contributed by atoms with Gasteiger partial charge in [0.15, 0.2) is 11.6 Å². The fourth-order valence-corrected chi connectivity index (χ4v) is 4.14. The smallest absolute Gasteiger partial charge is 0.346 e. The maximum absolute atomic E-state index is 14.8. The molecule has 1 fully saturated rings. The van der Waals surface area contributed by atoms with Crippen LogP contribution in [0.1, 0.15) is 40.9 Å². The summed E-state index contributed by atoms with van der Waals surface area (Å²) in [5.41, 5.74) is 2.96. The van der Waals surface area contributed by atoms with Crippen LogP contribution in [0.15, 0.2) is 78.9 Å². The molecule has 182 valence electrons. The maximum Gasteiger partial charge on any atom is 0.346 e. The molecule has 0 aliphatic carbocycles. The molecule has 0 N–H and O–H groups in total. The van der Waals surface area contributed by atoms with Gasteiger partial charge in [-0.3, -0.25) is 0 Å². The molecular weight excluding hydrogens is 465 g/mol. The van der Waals surface area contributed by atoms with Gasteiger partial charge in [0.2, 0.25) is 0 Å². The number of carbonyl (C=O) groups is 1. The van der Waals surface area contributed by atoms with Crippen LogP contribution in [0.25, 0.3) is 22.3 Å². The van der Waals surface area contributed by atoms with E-state index in [9.17, 15) is 18.0 Å². The van der Waals surface area contributed by atoms with Crippen LogP contribution in [0.5, 0.6) is 5.75 Å². The van der Waals surface area contributed by atoms with Crippen LogP contribution in [0.4, 0.5) is 13.2 Å². The topological polar surface area (TPSA) is 38.8 Å². The lowest BCUT2D eigenvalue weighted by Gasteiger charge is -2.10. The Morgan fingerprint density at radius 2 is 1.50 bits per heavy atom. The molecular formula is C30H23F3O3. The number of esters is 1. The summed E-state index contributed by atoms with van der Waals surface area (Å²) in [5.74, 6) is -3.66. The van der Waals surface area contributed by atoms with Crippen molar-refractivity contribution in [2.45, 2.75) is 25.9 Å². The molecule has 4 aromatic carbocycles. The first-order valence-corrected chi connectivity index (χ1v) is 11.8. The van der Waals surface area contributed by atoms with Crippen LogP contribution in [-0.4, -0.2) is 12.6 Å². The molecule has 1 aliphatic rings. The van der Waals surface area contributed by atoms with E-state index in [1.807, 2.05) is 18.2 Å². The lowest BCUT2D eigenvalue weighted by atomic mass is 10.00. The Morgan fingerprint density at radius 1 is 0.861 bits per heavy atom. The van der Waals surface area contributed by atoms with Crippen molar-refractivity contribution in [3.05, 3.63) is 113 Å². The number of halogens is 3. The SMILES string of the molecule is CCCc1ccc(-c2ccc(C(=O)Oc3ccc(-c4ccc(C5CO5)cc4F)cc3)c(F)c2F)cc1. The van der Waals surface area contributed by atoms with Gasteiger partial charge in [0, 0.05) is 11.1 Å².